The van der Waals surface area contributed by atoms with Gasteiger partial charge < -0.3 is 15.5 Å². The Bertz CT molecular complexity index is 815. The molecule has 2 rings (SSSR count). The van der Waals surface area contributed by atoms with E-state index in [0.29, 0.717) is 5.89 Å². The first-order valence-corrected chi connectivity index (χ1v) is 9.47. The van der Waals surface area contributed by atoms with Crippen molar-refractivity contribution in [3.63, 3.8) is 0 Å². The highest BCUT2D eigenvalue weighted by Gasteiger charge is 2.16. The Hall–Kier alpha value is -2.23. The summed E-state index contributed by atoms with van der Waals surface area (Å²) < 4.78 is 27.7. The van der Waals surface area contributed by atoms with Crippen LogP contribution in [0.4, 0.5) is 0 Å². The highest BCUT2D eigenvalue weighted by molar-refractivity contribution is 7.89. The number of carbonyl (C=O) groups is 1. The summed E-state index contributed by atoms with van der Waals surface area (Å²) in [5.41, 5.74) is 6.84. The molecule has 0 aliphatic heterocycles. The largest absolute Gasteiger partial charge is 0.446 e. The molecule has 1 unspecified atom stereocenters. The number of unbranched alkanes of at least 4 members (excludes halogenated alkanes) is 1. The normalized spacial score (nSPS) is 12.8. The Kier molecular flexibility index (Phi) is 6.29. The lowest BCUT2D eigenvalue weighted by Crippen LogP contribution is -2.23. The number of nitrogens with two attached hydrogens (primary N) is 2. The molecule has 1 amide bonds. The number of nitrogens with zero attached hydrogens (tertiary/aromatic N) is 1. The van der Waals surface area contributed by atoms with Crippen LogP contribution >= 0.6 is 0 Å². The van der Waals surface area contributed by atoms with Gasteiger partial charge in [0.2, 0.25) is 15.9 Å². The first-order chi connectivity index (χ1) is 11.8. The Morgan fingerprint density at radius 1 is 1.32 bits per heavy atom. The van der Waals surface area contributed by atoms with Gasteiger partial charge in [0.1, 0.15) is 6.26 Å². The average Bonchev–Trinajstić information content (AvgIpc) is 3.07. The maximum Gasteiger partial charge on any atom is 0.273 e. The number of amides is 1. The number of benzene rings is 1. The minimum Gasteiger partial charge on any atom is -0.446 e. The quantitative estimate of drug-likeness (QED) is 0.645. The molecule has 0 radical (unpaired) electrons. The van der Waals surface area contributed by atoms with E-state index in [0.717, 1.165) is 24.8 Å². The number of sulfonamides is 1. The van der Waals surface area contributed by atoms with E-state index in [1.165, 1.54) is 18.4 Å². The van der Waals surface area contributed by atoms with Crippen LogP contribution in [-0.2, 0) is 16.6 Å². The van der Waals surface area contributed by atoms with Crippen LogP contribution in [0.25, 0.3) is 0 Å². The van der Waals surface area contributed by atoms with Crippen molar-refractivity contribution in [1.29, 1.82) is 0 Å². The molecule has 0 bridgehead atoms. The monoisotopic (exact) mass is 366 g/mol. The van der Waals surface area contributed by atoms with Crippen LogP contribution in [0, 0.1) is 0 Å². The number of primary sulfonamides is 1. The molecule has 9 heteroatoms. The van der Waals surface area contributed by atoms with Gasteiger partial charge in [-0.1, -0.05) is 31.9 Å². The minimum atomic E-state index is -3.73. The third-order valence-electron chi connectivity index (χ3n) is 3.65. The Morgan fingerprint density at radius 3 is 2.60 bits per heavy atom. The molecular weight excluding hydrogens is 344 g/mol. The van der Waals surface area contributed by atoms with Crippen molar-refractivity contribution < 1.29 is 17.6 Å². The predicted octanol–water partition coefficient (Wildman–Crippen LogP) is 1.44. The van der Waals surface area contributed by atoms with E-state index in [4.69, 9.17) is 15.3 Å². The topological polar surface area (TPSA) is 141 Å². The van der Waals surface area contributed by atoms with Gasteiger partial charge in [-0.05, 0) is 24.1 Å². The first kappa shape index (κ1) is 19.1. The van der Waals surface area contributed by atoms with Gasteiger partial charge >= 0.3 is 0 Å². The van der Waals surface area contributed by atoms with E-state index in [2.05, 4.69) is 17.2 Å². The summed E-state index contributed by atoms with van der Waals surface area (Å²) in [6, 6.07) is 5.60. The number of aromatic nitrogens is 1. The Balaban J connectivity index is 1.93. The van der Waals surface area contributed by atoms with Crippen molar-refractivity contribution in [1.82, 2.24) is 10.3 Å². The van der Waals surface area contributed by atoms with Gasteiger partial charge in [0.05, 0.1) is 10.9 Å². The number of nitrogens with one attached hydrogen (secondary N) is 1. The SMILES string of the molecule is CCCCC(N)c1nc(C(=O)NCc2ccc(S(N)(=O)=O)cc2)co1. The molecule has 0 aliphatic rings. The van der Waals surface area contributed by atoms with Crippen LogP contribution in [-0.4, -0.2) is 19.3 Å². The van der Waals surface area contributed by atoms with E-state index in [1.807, 2.05) is 0 Å². The molecule has 1 aromatic heterocycles. The first-order valence-electron chi connectivity index (χ1n) is 7.92. The van der Waals surface area contributed by atoms with Gasteiger partial charge in [-0.25, -0.2) is 18.5 Å². The summed E-state index contributed by atoms with van der Waals surface area (Å²) in [4.78, 5) is 16.2. The lowest BCUT2D eigenvalue weighted by atomic mass is 10.1. The van der Waals surface area contributed by atoms with Gasteiger partial charge in [0.25, 0.3) is 5.91 Å². The van der Waals surface area contributed by atoms with E-state index in [-0.39, 0.29) is 23.2 Å². The molecule has 0 saturated heterocycles. The fourth-order valence-corrected chi connectivity index (χ4v) is 2.70. The second-order valence-corrected chi connectivity index (χ2v) is 7.25. The maximum absolute atomic E-state index is 12.1. The van der Waals surface area contributed by atoms with Crippen molar-refractivity contribution in [2.45, 2.75) is 43.7 Å². The summed E-state index contributed by atoms with van der Waals surface area (Å²) in [6.07, 6.45) is 4.00. The van der Waals surface area contributed by atoms with Gasteiger partial charge in [-0.15, -0.1) is 0 Å². The second-order valence-electron chi connectivity index (χ2n) is 5.69. The molecule has 0 saturated carbocycles. The molecule has 0 fully saturated rings. The van der Waals surface area contributed by atoms with Crippen molar-refractivity contribution in [2.24, 2.45) is 10.9 Å². The van der Waals surface area contributed by atoms with Crippen molar-refractivity contribution in [3.8, 4) is 0 Å². The smallest absolute Gasteiger partial charge is 0.273 e. The van der Waals surface area contributed by atoms with Crippen molar-refractivity contribution in [3.05, 3.63) is 47.7 Å². The molecule has 1 aromatic carbocycles. The zero-order valence-electron chi connectivity index (χ0n) is 13.9. The second kappa shape index (κ2) is 8.24. The molecule has 1 atom stereocenters. The molecule has 2 aromatic rings. The molecule has 5 N–H and O–H groups in total. The van der Waals surface area contributed by atoms with E-state index in [9.17, 15) is 13.2 Å². The van der Waals surface area contributed by atoms with Crippen LogP contribution in [0.15, 0.2) is 39.8 Å². The molecular formula is C16H22N4O4S. The predicted molar refractivity (Wildman–Crippen MR) is 91.9 cm³/mol. The summed E-state index contributed by atoms with van der Waals surface area (Å²) in [5.74, 6) is -0.0516. The van der Waals surface area contributed by atoms with Gasteiger partial charge in [-0.3, -0.25) is 4.79 Å². The lowest BCUT2D eigenvalue weighted by Gasteiger charge is -2.05. The molecule has 0 aliphatic carbocycles. The summed E-state index contributed by atoms with van der Waals surface area (Å²) in [7, 11) is -3.73. The lowest BCUT2D eigenvalue weighted by molar-refractivity contribution is 0.0946. The molecule has 136 valence electrons. The average molecular weight is 366 g/mol. The van der Waals surface area contributed by atoms with Crippen LogP contribution in [0.2, 0.25) is 0 Å². The van der Waals surface area contributed by atoms with Crippen LogP contribution in [0.1, 0.15) is 54.2 Å². The van der Waals surface area contributed by atoms with Gasteiger partial charge in [0, 0.05) is 6.54 Å². The third-order valence-corrected chi connectivity index (χ3v) is 4.57. The van der Waals surface area contributed by atoms with Crippen molar-refractivity contribution in [2.75, 3.05) is 0 Å². The highest BCUT2D eigenvalue weighted by atomic mass is 32.2. The Labute approximate surface area is 146 Å². The number of carbonyl (C=O) groups excluding carboxylic acids is 1. The molecule has 1 heterocycles. The minimum absolute atomic E-state index is 0.0183. The van der Waals surface area contributed by atoms with Gasteiger partial charge in [-0.2, -0.15) is 0 Å². The zero-order chi connectivity index (χ0) is 18.4. The van der Waals surface area contributed by atoms with Crippen LogP contribution < -0.4 is 16.2 Å². The number of hydrogen-bond acceptors (Lipinski definition) is 6. The number of hydrogen-bond donors (Lipinski definition) is 3. The van der Waals surface area contributed by atoms with E-state index >= 15 is 0 Å². The van der Waals surface area contributed by atoms with E-state index in [1.54, 1.807) is 12.1 Å². The number of oxazole rings is 1. The molecule has 25 heavy (non-hydrogen) atoms. The molecule has 0 spiro atoms. The molecule has 8 nitrogen and oxygen atoms in total. The Morgan fingerprint density at radius 2 is 2.00 bits per heavy atom. The van der Waals surface area contributed by atoms with Gasteiger partial charge in [0.15, 0.2) is 5.69 Å². The fraction of sp³-hybridized carbons (Fsp3) is 0.375. The standard InChI is InChI=1S/C16H22N4O4S/c1-2-3-4-13(17)16-20-14(10-24-16)15(21)19-9-11-5-7-12(8-6-11)25(18,22)23/h5-8,10,13H,2-4,9,17H2,1H3,(H,19,21)(H2,18,22,23). The zero-order valence-corrected chi connectivity index (χ0v) is 14.8. The summed E-state index contributed by atoms with van der Waals surface area (Å²) >= 11 is 0. The maximum atomic E-state index is 12.1. The van der Waals surface area contributed by atoms with Crippen LogP contribution in [0.3, 0.4) is 0 Å². The highest BCUT2D eigenvalue weighted by Crippen LogP contribution is 2.16. The van der Waals surface area contributed by atoms with E-state index < -0.39 is 15.9 Å². The van der Waals surface area contributed by atoms with Crippen molar-refractivity contribution >= 4 is 15.9 Å². The summed E-state index contributed by atoms with van der Waals surface area (Å²) in [6.45, 7) is 2.28. The summed E-state index contributed by atoms with van der Waals surface area (Å²) in [5, 5.41) is 7.72. The third kappa shape index (κ3) is 5.38. The van der Waals surface area contributed by atoms with Crippen LogP contribution in [0.5, 0.6) is 0 Å². The number of rotatable bonds is 8. The fourth-order valence-electron chi connectivity index (χ4n) is 2.18.